The van der Waals surface area contributed by atoms with Crippen LogP contribution in [-0.4, -0.2) is 39.5 Å². The highest BCUT2D eigenvalue weighted by molar-refractivity contribution is 7.87. The van der Waals surface area contributed by atoms with E-state index in [1.54, 1.807) is 29.0 Å². The predicted molar refractivity (Wildman–Crippen MR) is 101 cm³/mol. The average molecular weight is 436 g/mol. The number of nitrogens with zero attached hydrogens (tertiary/aromatic N) is 2. The lowest BCUT2D eigenvalue weighted by Gasteiger charge is -2.16. The van der Waals surface area contributed by atoms with Gasteiger partial charge in [0.2, 0.25) is 0 Å². The molecule has 0 radical (unpaired) electrons. The number of halogens is 3. The highest BCUT2D eigenvalue weighted by Crippen LogP contribution is 2.35. The molecule has 0 aromatic heterocycles. The number of carbonyl (C=O) groups is 1. The van der Waals surface area contributed by atoms with Crippen molar-refractivity contribution in [1.29, 1.82) is 0 Å². The number of hydrogen-bond donors (Lipinski definition) is 0. The molecule has 1 aliphatic heterocycles. The van der Waals surface area contributed by atoms with Crippen molar-refractivity contribution >= 4 is 56.6 Å². The van der Waals surface area contributed by atoms with Gasteiger partial charge in [0.25, 0.3) is 0 Å². The molecule has 1 saturated heterocycles. The number of anilines is 1. The van der Waals surface area contributed by atoms with Gasteiger partial charge in [0, 0.05) is 31.9 Å². The van der Waals surface area contributed by atoms with Crippen molar-refractivity contribution in [2.45, 2.75) is 4.90 Å². The van der Waals surface area contributed by atoms with Crippen LogP contribution in [0.25, 0.3) is 0 Å². The molecule has 0 aliphatic carbocycles. The zero-order valence-corrected chi connectivity index (χ0v) is 16.5. The first kappa shape index (κ1) is 19.1. The molecule has 2 amide bonds. The summed E-state index contributed by atoms with van der Waals surface area (Å²) < 4.78 is 30.0. The maximum Gasteiger partial charge on any atom is 0.339 e. The second kappa shape index (κ2) is 7.15. The molecule has 2 aromatic carbocycles. The van der Waals surface area contributed by atoms with Gasteiger partial charge in [0.1, 0.15) is 4.90 Å². The number of likely N-dealkylation sites (N-methyl/N-ethyl adjacent to an activating group) is 1. The van der Waals surface area contributed by atoms with Crippen molar-refractivity contribution in [2.75, 3.05) is 25.0 Å². The number of carbonyl (C=O) groups excluding carboxylic acids is 1. The summed E-state index contributed by atoms with van der Waals surface area (Å²) in [4.78, 5) is 15.1. The van der Waals surface area contributed by atoms with Crippen LogP contribution in [0.5, 0.6) is 5.75 Å². The maximum atomic E-state index is 12.5. The normalized spacial score (nSPS) is 14.8. The fourth-order valence-corrected chi connectivity index (χ4v) is 3.98. The number of amides is 2. The molecular weight excluding hydrogens is 423 g/mol. The number of hydrogen-bond acceptors (Lipinski definition) is 4. The lowest BCUT2D eigenvalue weighted by atomic mass is 10.3. The van der Waals surface area contributed by atoms with Crippen molar-refractivity contribution in [3.8, 4) is 5.75 Å². The first-order valence-corrected chi connectivity index (χ1v) is 9.95. The van der Waals surface area contributed by atoms with Crippen molar-refractivity contribution in [3.05, 3.63) is 51.5 Å². The summed E-state index contributed by atoms with van der Waals surface area (Å²) >= 11 is 17.6. The SMILES string of the molecule is CN1CCN(c2ccc(S(=O)(=O)Oc3cc(Cl)c(Cl)cc3Cl)cc2)C1=O. The van der Waals surface area contributed by atoms with Gasteiger partial charge in [-0.25, -0.2) is 4.79 Å². The number of rotatable bonds is 4. The predicted octanol–water partition coefficient (Wildman–Crippen LogP) is 4.29. The van der Waals surface area contributed by atoms with E-state index >= 15 is 0 Å². The highest BCUT2D eigenvalue weighted by Gasteiger charge is 2.27. The van der Waals surface area contributed by atoms with Gasteiger partial charge in [0.05, 0.1) is 15.1 Å². The van der Waals surface area contributed by atoms with E-state index in [4.69, 9.17) is 39.0 Å². The molecule has 6 nitrogen and oxygen atoms in total. The molecule has 1 fully saturated rings. The molecule has 0 N–H and O–H groups in total. The summed E-state index contributed by atoms with van der Waals surface area (Å²) in [5.41, 5.74) is 0.603. The molecule has 0 atom stereocenters. The Labute approximate surface area is 165 Å². The summed E-state index contributed by atoms with van der Waals surface area (Å²) in [6.07, 6.45) is 0. The lowest BCUT2D eigenvalue weighted by Crippen LogP contribution is -2.29. The lowest BCUT2D eigenvalue weighted by molar-refractivity contribution is 0.229. The van der Waals surface area contributed by atoms with Gasteiger partial charge in [-0.1, -0.05) is 34.8 Å². The van der Waals surface area contributed by atoms with Crippen molar-refractivity contribution < 1.29 is 17.4 Å². The van der Waals surface area contributed by atoms with E-state index in [1.807, 2.05) is 0 Å². The minimum Gasteiger partial charge on any atom is -0.377 e. The minimum atomic E-state index is -4.13. The molecular formula is C16H13Cl3N2O4S. The molecule has 1 aliphatic rings. The third-order valence-corrected chi connectivity index (χ3v) is 6.09. The van der Waals surface area contributed by atoms with E-state index in [9.17, 15) is 13.2 Å². The zero-order valence-electron chi connectivity index (χ0n) is 13.4. The third kappa shape index (κ3) is 3.71. The van der Waals surface area contributed by atoms with E-state index in [2.05, 4.69) is 0 Å². The Morgan fingerprint density at radius 1 is 0.962 bits per heavy atom. The first-order chi connectivity index (χ1) is 12.2. The summed E-state index contributed by atoms with van der Waals surface area (Å²) in [6, 6.07) is 8.21. The largest absolute Gasteiger partial charge is 0.377 e. The molecule has 0 bridgehead atoms. The van der Waals surface area contributed by atoms with Gasteiger partial charge in [0.15, 0.2) is 5.75 Å². The van der Waals surface area contributed by atoms with E-state index in [1.165, 1.54) is 24.3 Å². The Balaban J connectivity index is 1.84. The maximum absolute atomic E-state index is 12.5. The van der Waals surface area contributed by atoms with Crippen molar-refractivity contribution in [2.24, 2.45) is 0 Å². The second-order valence-electron chi connectivity index (χ2n) is 5.58. The quantitative estimate of drug-likeness (QED) is 0.531. The molecule has 138 valence electrons. The second-order valence-corrected chi connectivity index (χ2v) is 8.35. The molecule has 0 spiro atoms. The molecule has 2 aromatic rings. The van der Waals surface area contributed by atoms with E-state index in [0.717, 1.165) is 0 Å². The highest BCUT2D eigenvalue weighted by atomic mass is 35.5. The standard InChI is InChI=1S/C16H13Cl3N2O4S/c1-20-6-7-21(16(20)22)10-2-4-11(5-3-10)26(23,24)25-15-9-13(18)12(17)8-14(15)19/h2-5,8-9H,6-7H2,1H3. The van der Waals surface area contributed by atoms with Crippen LogP contribution >= 0.6 is 34.8 Å². The summed E-state index contributed by atoms with van der Waals surface area (Å²) in [5, 5.41) is 0.324. The van der Waals surface area contributed by atoms with Gasteiger partial charge >= 0.3 is 16.1 Å². The van der Waals surface area contributed by atoms with Crippen LogP contribution in [0.3, 0.4) is 0 Å². The molecule has 26 heavy (non-hydrogen) atoms. The Hall–Kier alpha value is -1.67. The van der Waals surface area contributed by atoms with Crippen LogP contribution in [0.1, 0.15) is 0 Å². The van der Waals surface area contributed by atoms with Crippen molar-refractivity contribution in [3.63, 3.8) is 0 Å². The van der Waals surface area contributed by atoms with Crippen LogP contribution in [0, 0.1) is 0 Å². The molecule has 3 rings (SSSR count). The van der Waals surface area contributed by atoms with E-state index in [0.29, 0.717) is 18.8 Å². The third-order valence-electron chi connectivity index (χ3n) is 3.83. The minimum absolute atomic E-state index is 0.0188. The molecule has 0 unspecified atom stereocenters. The van der Waals surface area contributed by atoms with Crippen LogP contribution in [0.2, 0.25) is 15.1 Å². The Kier molecular flexibility index (Phi) is 5.25. The number of benzene rings is 2. The first-order valence-electron chi connectivity index (χ1n) is 7.41. The number of urea groups is 1. The van der Waals surface area contributed by atoms with E-state index < -0.39 is 10.1 Å². The average Bonchev–Trinajstić information content (AvgIpc) is 2.92. The fraction of sp³-hybridized carbons (Fsp3) is 0.188. The van der Waals surface area contributed by atoms with Crippen LogP contribution in [0.15, 0.2) is 41.3 Å². The molecule has 0 saturated carbocycles. The Morgan fingerprint density at radius 3 is 2.15 bits per heavy atom. The fourth-order valence-electron chi connectivity index (χ4n) is 2.41. The summed E-state index contributed by atoms with van der Waals surface area (Å²) in [7, 11) is -2.43. The van der Waals surface area contributed by atoms with E-state index in [-0.39, 0.29) is 31.7 Å². The molecule has 10 heteroatoms. The summed E-state index contributed by atoms with van der Waals surface area (Å²) in [5.74, 6) is -0.124. The van der Waals surface area contributed by atoms with Gasteiger partial charge in [-0.3, -0.25) is 4.90 Å². The van der Waals surface area contributed by atoms with Gasteiger partial charge < -0.3 is 9.08 Å². The van der Waals surface area contributed by atoms with Crippen LogP contribution < -0.4 is 9.08 Å². The van der Waals surface area contributed by atoms with Crippen molar-refractivity contribution in [1.82, 2.24) is 4.90 Å². The molecule has 1 heterocycles. The Morgan fingerprint density at radius 2 is 1.58 bits per heavy atom. The zero-order chi connectivity index (χ0) is 19.1. The Bertz CT molecular complexity index is 964. The summed E-state index contributed by atoms with van der Waals surface area (Å²) in [6.45, 7) is 1.15. The topological polar surface area (TPSA) is 66.9 Å². The van der Waals surface area contributed by atoms with Gasteiger partial charge in [-0.05, 0) is 30.3 Å². The van der Waals surface area contributed by atoms with Crippen LogP contribution in [0.4, 0.5) is 10.5 Å². The van der Waals surface area contributed by atoms with Gasteiger partial charge in [-0.2, -0.15) is 8.42 Å². The smallest absolute Gasteiger partial charge is 0.339 e. The monoisotopic (exact) mass is 434 g/mol. The van der Waals surface area contributed by atoms with Gasteiger partial charge in [-0.15, -0.1) is 0 Å². The van der Waals surface area contributed by atoms with Crippen LogP contribution in [-0.2, 0) is 10.1 Å².